The van der Waals surface area contributed by atoms with Gasteiger partial charge in [-0.15, -0.1) is 0 Å². The highest BCUT2D eigenvalue weighted by molar-refractivity contribution is 5.99. The number of carbonyl (C=O) groups excluding carboxylic acids is 5. The van der Waals surface area contributed by atoms with Crippen LogP contribution >= 0.6 is 0 Å². The molecule has 0 aliphatic heterocycles. The van der Waals surface area contributed by atoms with Crippen LogP contribution in [0.25, 0.3) is 0 Å². The summed E-state index contributed by atoms with van der Waals surface area (Å²) in [6.45, 7) is 16.2. The molecule has 0 saturated carbocycles. The highest BCUT2D eigenvalue weighted by atomic mass is 16.7. The fourth-order valence-electron chi connectivity index (χ4n) is 3.18. The molecule has 46 heavy (non-hydrogen) atoms. The Bertz CT molecular complexity index is 1420. The molecule has 2 aromatic carbocycles. The number of benzene rings is 2. The average Bonchev–Trinajstić information content (AvgIpc) is 3.07. The van der Waals surface area contributed by atoms with Crippen molar-refractivity contribution in [3.63, 3.8) is 0 Å². The molecule has 2 rings (SSSR count). The second-order valence-electron chi connectivity index (χ2n) is 8.76. The Kier molecular flexibility index (Phi) is 18.2. The minimum atomic E-state index is -0.896. The van der Waals surface area contributed by atoms with E-state index in [0.717, 1.165) is 12.2 Å². The maximum Gasteiger partial charge on any atom is 0.513 e. The van der Waals surface area contributed by atoms with Gasteiger partial charge in [0.05, 0.1) is 24.3 Å². The summed E-state index contributed by atoms with van der Waals surface area (Å²) in [5, 5.41) is 2.58. The molecule has 0 aliphatic rings. The maximum atomic E-state index is 12.6. The third kappa shape index (κ3) is 15.1. The summed E-state index contributed by atoms with van der Waals surface area (Å²) in [4.78, 5) is 59.1. The number of carbonyl (C=O) groups is 5. The van der Waals surface area contributed by atoms with Crippen molar-refractivity contribution < 1.29 is 47.7 Å². The summed E-state index contributed by atoms with van der Waals surface area (Å²) in [6.07, 6.45) is 7.34. The summed E-state index contributed by atoms with van der Waals surface area (Å²) in [7, 11) is 0. The molecule has 0 spiro atoms. The predicted octanol–water partition coefficient (Wildman–Crippen LogP) is 7.24. The summed E-state index contributed by atoms with van der Waals surface area (Å²) in [5.41, 5.74) is 0.930. The Morgan fingerprint density at radius 1 is 0.696 bits per heavy atom. The predicted molar refractivity (Wildman–Crippen MR) is 173 cm³/mol. The molecule has 11 nitrogen and oxygen atoms in total. The van der Waals surface area contributed by atoms with E-state index < -0.39 is 24.1 Å². The highest BCUT2D eigenvalue weighted by Crippen LogP contribution is 2.16. The van der Waals surface area contributed by atoms with Gasteiger partial charge in [0.1, 0.15) is 17.3 Å². The number of rotatable bonds is 16. The van der Waals surface area contributed by atoms with Crippen molar-refractivity contribution in [3.05, 3.63) is 121 Å². The number of allylic oxidation sites excluding steroid dienone is 4. The number of ether oxygens (including phenoxy) is 5. The molecule has 0 saturated heterocycles. The number of amides is 1. The molecular weight excluding hydrogens is 594 g/mol. The van der Waals surface area contributed by atoms with Gasteiger partial charge in [0.25, 0.3) is 0 Å². The number of esters is 3. The average molecular weight is 634 g/mol. The van der Waals surface area contributed by atoms with Gasteiger partial charge in [0.15, 0.2) is 0 Å². The van der Waals surface area contributed by atoms with Crippen LogP contribution in [0.5, 0.6) is 5.75 Å². The van der Waals surface area contributed by atoms with Gasteiger partial charge < -0.3 is 29.0 Å². The lowest BCUT2D eigenvalue weighted by molar-refractivity contribution is -0.137. The lowest BCUT2D eigenvalue weighted by Crippen LogP contribution is -2.12. The molecular formula is C35H39NO10. The maximum absolute atomic E-state index is 12.6. The van der Waals surface area contributed by atoms with E-state index in [9.17, 15) is 24.0 Å². The normalized spacial score (nSPS) is 10.6. The Hall–Kier alpha value is -5.71. The van der Waals surface area contributed by atoms with Crippen molar-refractivity contribution >= 4 is 35.7 Å². The first-order valence-electron chi connectivity index (χ1n) is 14.4. The molecule has 0 atom stereocenters. The first kappa shape index (κ1) is 38.3. The summed E-state index contributed by atoms with van der Waals surface area (Å²) >= 11 is 0. The Morgan fingerprint density at radius 3 is 1.83 bits per heavy atom. The van der Waals surface area contributed by atoms with Crippen LogP contribution in [0.1, 0.15) is 60.7 Å². The molecule has 244 valence electrons. The molecule has 0 fully saturated rings. The van der Waals surface area contributed by atoms with Crippen LogP contribution in [-0.2, 0) is 28.5 Å². The molecule has 1 N–H and O–H groups in total. The van der Waals surface area contributed by atoms with Gasteiger partial charge in [-0.25, -0.2) is 19.2 Å². The van der Waals surface area contributed by atoms with E-state index in [4.69, 9.17) is 23.7 Å². The number of hydrogen-bond acceptors (Lipinski definition) is 10. The number of hydrogen-bond donors (Lipinski definition) is 1. The summed E-state index contributed by atoms with van der Waals surface area (Å²) in [6, 6.07) is 11.7. The molecule has 0 aromatic heterocycles. The molecule has 0 bridgehead atoms. The first-order valence-corrected chi connectivity index (χ1v) is 14.4. The third-order valence-corrected chi connectivity index (χ3v) is 5.43. The van der Waals surface area contributed by atoms with Crippen molar-refractivity contribution in [1.82, 2.24) is 0 Å². The fourth-order valence-corrected chi connectivity index (χ4v) is 3.18. The van der Waals surface area contributed by atoms with Gasteiger partial charge in [-0.3, -0.25) is 4.79 Å². The second-order valence-corrected chi connectivity index (χ2v) is 8.76. The van der Waals surface area contributed by atoms with E-state index in [1.807, 2.05) is 13.8 Å². The molecule has 0 unspecified atom stereocenters. The summed E-state index contributed by atoms with van der Waals surface area (Å²) in [5.74, 6) is -1.70. The van der Waals surface area contributed by atoms with Gasteiger partial charge in [0, 0.05) is 11.8 Å². The van der Waals surface area contributed by atoms with Crippen LogP contribution in [0.4, 0.5) is 10.5 Å². The zero-order valence-electron chi connectivity index (χ0n) is 26.2. The zero-order valence-corrected chi connectivity index (χ0v) is 26.2. The van der Waals surface area contributed by atoms with Crippen LogP contribution in [0, 0.1) is 0 Å². The lowest BCUT2D eigenvalue weighted by Gasteiger charge is -2.08. The van der Waals surface area contributed by atoms with Crippen LogP contribution in [0.3, 0.4) is 0 Å². The van der Waals surface area contributed by atoms with E-state index in [1.54, 1.807) is 19.1 Å². The quantitative estimate of drug-likeness (QED) is 0.0382. The second kappa shape index (κ2) is 21.9. The van der Waals surface area contributed by atoms with E-state index in [2.05, 4.69) is 25.1 Å². The van der Waals surface area contributed by atoms with Crippen LogP contribution in [0.15, 0.2) is 110 Å². The van der Waals surface area contributed by atoms with Gasteiger partial charge in [-0.05, 0) is 99.0 Å². The van der Waals surface area contributed by atoms with Crippen molar-refractivity contribution in [1.29, 1.82) is 0 Å². The fraction of sp³-hybridized carbons (Fsp3) is 0.229. The number of anilines is 1. The third-order valence-electron chi connectivity index (χ3n) is 5.43. The Labute approximate surface area is 268 Å². The van der Waals surface area contributed by atoms with Crippen molar-refractivity contribution in [2.24, 2.45) is 0 Å². The Balaban J connectivity index is 0.00000518. The molecule has 1 amide bonds. The largest absolute Gasteiger partial charge is 0.513 e. The van der Waals surface area contributed by atoms with Gasteiger partial charge in [0.2, 0.25) is 5.91 Å². The molecule has 0 aliphatic carbocycles. The summed E-state index contributed by atoms with van der Waals surface area (Å²) < 4.78 is 25.6. The van der Waals surface area contributed by atoms with Gasteiger partial charge in [-0.1, -0.05) is 33.6 Å². The van der Waals surface area contributed by atoms with Crippen molar-refractivity contribution in [2.45, 2.75) is 40.0 Å². The van der Waals surface area contributed by atoms with E-state index >= 15 is 0 Å². The number of nitrogens with one attached hydrogen (secondary N) is 1. The van der Waals surface area contributed by atoms with Crippen LogP contribution in [0.2, 0.25) is 0 Å². The first-order chi connectivity index (χ1) is 22.1. The smallest absolute Gasteiger partial charge is 0.463 e. The molecule has 0 radical (unpaired) electrons. The molecule has 2 aromatic rings. The number of unbranched alkanes of at least 4 members (excludes halogenated alkanes) is 2. The minimum Gasteiger partial charge on any atom is -0.463 e. The standard InChI is InChI=1S/C33H33NO10.C2H6/c1-5-27(18-11-23(4)42-31(37)24-12-16-26(17-13-24)34-29(35)6-2)43-32(38)25-14-19-28(20-15-25)44-33(39)41-22-10-8-9-21-40-30(36)7-3;1-2/h5-7,11-20H,1-3,8-10,21-22H2,4H3,(H,34,35);1-2H3/b23-11+,27-18+;. The Morgan fingerprint density at radius 2 is 1.26 bits per heavy atom. The molecule has 11 heteroatoms. The van der Waals surface area contributed by atoms with Crippen molar-refractivity contribution in [3.8, 4) is 5.75 Å². The van der Waals surface area contributed by atoms with Crippen LogP contribution in [-0.4, -0.2) is 43.2 Å². The highest BCUT2D eigenvalue weighted by Gasteiger charge is 2.12. The van der Waals surface area contributed by atoms with E-state index in [1.165, 1.54) is 54.6 Å². The van der Waals surface area contributed by atoms with Crippen LogP contribution < -0.4 is 10.1 Å². The zero-order chi connectivity index (χ0) is 34.3. The van der Waals surface area contributed by atoms with Crippen molar-refractivity contribution in [2.75, 3.05) is 18.5 Å². The van der Waals surface area contributed by atoms with E-state index in [0.29, 0.717) is 24.9 Å². The lowest BCUT2D eigenvalue weighted by atomic mass is 10.2. The van der Waals surface area contributed by atoms with Gasteiger partial charge in [-0.2, -0.15) is 0 Å². The molecule has 0 heterocycles. The topological polar surface area (TPSA) is 144 Å². The monoisotopic (exact) mass is 633 g/mol. The van der Waals surface area contributed by atoms with E-state index in [-0.39, 0.29) is 47.5 Å². The SMILES string of the molecule is C=CC(=O)Nc1ccc(C(=O)O/C(C)=C/C=C(\C=C)OC(=O)c2ccc(OC(=O)OCCCCCOC(=O)C=C)cc2)cc1.CC. The minimum absolute atomic E-state index is 0.0930. The van der Waals surface area contributed by atoms with Gasteiger partial charge >= 0.3 is 24.1 Å².